The number of nitrogens with zero attached hydrogens (tertiary/aromatic N) is 1. The van der Waals surface area contributed by atoms with E-state index in [1.54, 1.807) is 36.4 Å². The van der Waals surface area contributed by atoms with Gasteiger partial charge in [-0.25, -0.2) is 0 Å². The predicted molar refractivity (Wildman–Crippen MR) is 108 cm³/mol. The van der Waals surface area contributed by atoms with Crippen molar-refractivity contribution in [1.82, 2.24) is 0 Å². The molecular formula is C21H19Cl2NO3S. The topological polar surface area (TPSA) is 67.2 Å². The molecule has 2 saturated carbocycles. The Morgan fingerprint density at radius 1 is 1.04 bits per heavy atom. The van der Waals surface area contributed by atoms with Crippen LogP contribution in [0.15, 0.2) is 41.3 Å². The molecule has 2 aliphatic rings. The Labute approximate surface area is 175 Å². The molecule has 0 aromatic heterocycles. The first-order valence-electron chi connectivity index (χ1n) is 9.20. The highest BCUT2D eigenvalue weighted by Gasteiger charge is 2.59. The average Bonchev–Trinajstić information content (AvgIpc) is 3.16. The highest BCUT2D eigenvalue weighted by molar-refractivity contribution is 7.86. The second kappa shape index (κ2) is 7.03. The summed E-state index contributed by atoms with van der Waals surface area (Å²) < 4.78 is 32.3. The van der Waals surface area contributed by atoms with E-state index in [4.69, 9.17) is 27.4 Å². The molecule has 28 heavy (non-hydrogen) atoms. The van der Waals surface area contributed by atoms with Crippen LogP contribution < -0.4 is 0 Å². The summed E-state index contributed by atoms with van der Waals surface area (Å²) in [7, 11) is -3.99. The molecule has 0 N–H and O–H groups in total. The lowest BCUT2D eigenvalue weighted by Gasteiger charge is -2.34. The SMILES string of the molecule is Cc1ccc(S(=O)(=O)OC2(c3cc(Cl)c(C#N)c(Cl)c3)C3CCC2CC3)cc1. The molecule has 2 aliphatic carbocycles. The van der Waals surface area contributed by atoms with E-state index in [1.165, 1.54) is 0 Å². The summed E-state index contributed by atoms with van der Waals surface area (Å²) in [5.41, 5.74) is 0.807. The van der Waals surface area contributed by atoms with Crippen molar-refractivity contribution in [2.45, 2.75) is 43.1 Å². The highest BCUT2D eigenvalue weighted by atomic mass is 35.5. The van der Waals surface area contributed by atoms with E-state index in [0.717, 1.165) is 31.2 Å². The maximum Gasteiger partial charge on any atom is 0.297 e. The lowest BCUT2D eigenvalue weighted by Crippen LogP contribution is -2.37. The van der Waals surface area contributed by atoms with Gasteiger partial charge in [0.1, 0.15) is 11.7 Å². The van der Waals surface area contributed by atoms with E-state index in [2.05, 4.69) is 0 Å². The molecule has 0 aliphatic heterocycles. The molecular weight excluding hydrogens is 417 g/mol. The first-order chi connectivity index (χ1) is 13.3. The predicted octanol–water partition coefficient (Wildman–Crippen LogP) is 5.59. The summed E-state index contributed by atoms with van der Waals surface area (Å²) in [6.45, 7) is 1.90. The van der Waals surface area contributed by atoms with Crippen LogP contribution in [0.3, 0.4) is 0 Å². The largest absolute Gasteiger partial charge is 0.297 e. The van der Waals surface area contributed by atoms with Gasteiger partial charge in [0.25, 0.3) is 10.1 Å². The van der Waals surface area contributed by atoms with E-state index >= 15 is 0 Å². The van der Waals surface area contributed by atoms with Crippen LogP contribution in [0.1, 0.15) is 42.4 Å². The monoisotopic (exact) mass is 435 g/mol. The van der Waals surface area contributed by atoms with Gasteiger partial charge in [-0.05, 0) is 74.3 Å². The van der Waals surface area contributed by atoms with Gasteiger partial charge in [0.2, 0.25) is 0 Å². The molecule has 2 aromatic carbocycles. The Morgan fingerprint density at radius 3 is 2.00 bits per heavy atom. The molecule has 7 heteroatoms. The van der Waals surface area contributed by atoms with Crippen LogP contribution in [0.2, 0.25) is 10.0 Å². The molecule has 2 fully saturated rings. The van der Waals surface area contributed by atoms with Crippen LogP contribution in [0.25, 0.3) is 0 Å². The Morgan fingerprint density at radius 2 is 1.54 bits per heavy atom. The third kappa shape index (κ3) is 3.04. The van der Waals surface area contributed by atoms with Gasteiger partial charge >= 0.3 is 0 Å². The molecule has 0 amide bonds. The van der Waals surface area contributed by atoms with Crippen LogP contribution in [-0.2, 0) is 19.9 Å². The van der Waals surface area contributed by atoms with Crippen molar-refractivity contribution < 1.29 is 12.6 Å². The van der Waals surface area contributed by atoms with Crippen LogP contribution in [-0.4, -0.2) is 8.42 Å². The van der Waals surface area contributed by atoms with Crippen molar-refractivity contribution in [1.29, 1.82) is 5.26 Å². The first-order valence-corrected chi connectivity index (χ1v) is 11.4. The Balaban J connectivity index is 1.84. The maximum atomic E-state index is 13.1. The molecule has 4 rings (SSSR count). The quantitative estimate of drug-likeness (QED) is 0.586. The minimum absolute atomic E-state index is 0.0674. The molecule has 2 aromatic rings. The highest BCUT2D eigenvalue weighted by Crippen LogP contribution is 2.61. The minimum atomic E-state index is -3.99. The fraction of sp³-hybridized carbons (Fsp3) is 0.381. The first kappa shape index (κ1) is 19.7. The molecule has 0 atom stereocenters. The fourth-order valence-corrected chi connectivity index (χ4v) is 6.65. The normalized spacial score (nSPS) is 26.4. The Hall–Kier alpha value is -1.58. The fourth-order valence-electron chi connectivity index (χ4n) is 4.78. The molecule has 0 saturated heterocycles. The van der Waals surface area contributed by atoms with Gasteiger partial charge in [0.05, 0.1) is 20.5 Å². The number of hydrogen-bond acceptors (Lipinski definition) is 4. The van der Waals surface area contributed by atoms with Gasteiger partial charge in [0, 0.05) is 0 Å². The summed E-state index contributed by atoms with van der Waals surface area (Å²) in [4.78, 5) is 0.134. The third-order valence-corrected chi connectivity index (χ3v) is 8.04. The van der Waals surface area contributed by atoms with Crippen molar-refractivity contribution in [2.24, 2.45) is 11.8 Å². The zero-order valence-electron chi connectivity index (χ0n) is 15.3. The molecule has 0 heterocycles. The second-order valence-corrected chi connectivity index (χ2v) is 9.98. The van der Waals surface area contributed by atoms with Crippen molar-refractivity contribution >= 4 is 33.3 Å². The van der Waals surface area contributed by atoms with Gasteiger partial charge in [-0.15, -0.1) is 0 Å². The van der Waals surface area contributed by atoms with Crippen molar-refractivity contribution in [2.75, 3.05) is 0 Å². The zero-order chi connectivity index (χ0) is 20.1. The van der Waals surface area contributed by atoms with E-state index in [0.29, 0.717) is 5.56 Å². The standard InChI is InChI=1S/C21H19Cl2NO3S/c1-13-2-8-17(9-3-13)28(25,26)27-21(14-4-5-15(21)7-6-14)16-10-19(22)18(12-24)20(23)11-16/h2-3,8-11,14-15H,4-7H2,1H3. The van der Waals surface area contributed by atoms with Crippen molar-refractivity contribution in [3.05, 3.63) is 63.1 Å². The van der Waals surface area contributed by atoms with Crippen LogP contribution in [0.4, 0.5) is 0 Å². The number of aryl methyl sites for hydroxylation is 1. The Bertz CT molecular complexity index is 1030. The number of fused-ring (bicyclic) bond motifs is 2. The van der Waals surface area contributed by atoms with Gasteiger partial charge < -0.3 is 0 Å². The molecule has 2 bridgehead atoms. The molecule has 4 nitrogen and oxygen atoms in total. The average molecular weight is 436 g/mol. The van der Waals surface area contributed by atoms with Crippen LogP contribution >= 0.6 is 23.2 Å². The lowest BCUT2D eigenvalue weighted by molar-refractivity contribution is 0.0252. The number of rotatable bonds is 4. The lowest BCUT2D eigenvalue weighted by atomic mass is 9.84. The van der Waals surface area contributed by atoms with Crippen LogP contribution in [0.5, 0.6) is 0 Å². The van der Waals surface area contributed by atoms with Crippen molar-refractivity contribution in [3.63, 3.8) is 0 Å². The molecule has 146 valence electrons. The Kier molecular flexibility index (Phi) is 4.96. The second-order valence-electron chi connectivity index (χ2n) is 7.62. The van der Waals surface area contributed by atoms with Gasteiger partial charge in [-0.2, -0.15) is 13.7 Å². The number of hydrogen-bond donors (Lipinski definition) is 0. The number of halogens is 2. The summed E-state index contributed by atoms with van der Waals surface area (Å²) in [6.07, 6.45) is 3.57. The third-order valence-electron chi connectivity index (χ3n) is 6.10. The van der Waals surface area contributed by atoms with Gasteiger partial charge in [-0.3, -0.25) is 4.18 Å². The van der Waals surface area contributed by atoms with E-state index in [9.17, 15) is 13.7 Å². The zero-order valence-corrected chi connectivity index (χ0v) is 17.6. The summed E-state index contributed by atoms with van der Waals surface area (Å²) in [6, 6.07) is 11.9. The van der Waals surface area contributed by atoms with E-state index < -0.39 is 15.7 Å². The summed E-state index contributed by atoms with van der Waals surface area (Å²) >= 11 is 12.6. The number of benzene rings is 2. The smallest absolute Gasteiger partial charge is 0.254 e. The summed E-state index contributed by atoms with van der Waals surface area (Å²) in [5, 5.41) is 9.68. The van der Waals surface area contributed by atoms with Gasteiger partial charge in [0.15, 0.2) is 0 Å². The summed E-state index contributed by atoms with van der Waals surface area (Å²) in [5.74, 6) is 0.135. The number of nitriles is 1. The molecule has 0 radical (unpaired) electrons. The molecule has 0 spiro atoms. The van der Waals surface area contributed by atoms with Gasteiger partial charge in [-0.1, -0.05) is 40.9 Å². The molecule has 0 unspecified atom stereocenters. The minimum Gasteiger partial charge on any atom is -0.254 e. The van der Waals surface area contributed by atoms with E-state index in [-0.39, 0.29) is 32.3 Å². The maximum absolute atomic E-state index is 13.1. The van der Waals surface area contributed by atoms with Crippen molar-refractivity contribution in [3.8, 4) is 6.07 Å². The van der Waals surface area contributed by atoms with Crippen LogP contribution in [0, 0.1) is 30.1 Å². The van der Waals surface area contributed by atoms with E-state index in [1.807, 2.05) is 13.0 Å².